The number of fused-ring (bicyclic) bond motifs is 1. The summed E-state index contributed by atoms with van der Waals surface area (Å²) in [5, 5.41) is 12.8. The molecule has 1 aromatic carbocycles. The van der Waals surface area contributed by atoms with E-state index in [1.165, 1.54) is 5.56 Å². The Hall–Kier alpha value is -1.55. The maximum absolute atomic E-state index is 11.5. The number of ether oxygens (including phenoxy) is 1. The normalized spacial score (nSPS) is 21.6. The van der Waals surface area contributed by atoms with Crippen LogP contribution in [0.3, 0.4) is 0 Å². The molecule has 1 aromatic rings. The van der Waals surface area contributed by atoms with Crippen LogP contribution in [0.5, 0.6) is 5.75 Å². The summed E-state index contributed by atoms with van der Waals surface area (Å²) in [4.78, 5) is 11.5. The van der Waals surface area contributed by atoms with E-state index in [1.54, 1.807) is 0 Å². The van der Waals surface area contributed by atoms with Crippen LogP contribution in [0.15, 0.2) is 18.2 Å². The fraction of sp³-hybridized carbons (Fsp3) is 0.533. The summed E-state index contributed by atoms with van der Waals surface area (Å²) in [5.74, 6) is 0.589. The van der Waals surface area contributed by atoms with Crippen molar-refractivity contribution >= 4 is 5.91 Å². The van der Waals surface area contributed by atoms with E-state index in [0.717, 1.165) is 37.7 Å². The second-order valence-corrected chi connectivity index (χ2v) is 5.40. The van der Waals surface area contributed by atoms with E-state index in [9.17, 15) is 9.90 Å². The minimum absolute atomic E-state index is 0.0470. The summed E-state index contributed by atoms with van der Waals surface area (Å²) in [6.45, 7) is 0.0470. The monoisotopic (exact) mass is 261 g/mol. The van der Waals surface area contributed by atoms with E-state index in [4.69, 9.17) is 4.74 Å². The summed E-state index contributed by atoms with van der Waals surface area (Å²) in [7, 11) is 0. The number of amides is 1. The summed E-state index contributed by atoms with van der Waals surface area (Å²) < 4.78 is 5.49. The molecule has 0 spiro atoms. The van der Waals surface area contributed by atoms with Crippen molar-refractivity contribution in [3.63, 3.8) is 0 Å². The number of hydrogen-bond donors (Lipinski definition) is 2. The van der Waals surface area contributed by atoms with Gasteiger partial charge in [-0.2, -0.15) is 0 Å². The molecular formula is C15H19NO3. The predicted molar refractivity (Wildman–Crippen MR) is 71.0 cm³/mol. The zero-order valence-corrected chi connectivity index (χ0v) is 10.9. The summed E-state index contributed by atoms with van der Waals surface area (Å²) >= 11 is 0. The zero-order valence-electron chi connectivity index (χ0n) is 10.9. The van der Waals surface area contributed by atoms with Gasteiger partial charge in [0, 0.05) is 6.04 Å². The van der Waals surface area contributed by atoms with Crippen molar-refractivity contribution < 1.29 is 14.6 Å². The number of aryl methyl sites for hydroxylation is 1. The summed E-state index contributed by atoms with van der Waals surface area (Å²) in [6.07, 6.45) is 4.60. The lowest BCUT2D eigenvalue weighted by Gasteiger charge is -2.21. The van der Waals surface area contributed by atoms with Crippen molar-refractivity contribution in [1.29, 1.82) is 0 Å². The molecule has 0 unspecified atom stereocenters. The van der Waals surface area contributed by atoms with Crippen molar-refractivity contribution in [3.05, 3.63) is 29.3 Å². The van der Waals surface area contributed by atoms with Crippen LogP contribution in [0.4, 0.5) is 0 Å². The van der Waals surface area contributed by atoms with E-state index in [-0.39, 0.29) is 12.5 Å². The molecule has 2 aliphatic rings. The van der Waals surface area contributed by atoms with Gasteiger partial charge in [-0.05, 0) is 55.4 Å². The van der Waals surface area contributed by atoms with Crippen molar-refractivity contribution in [2.24, 2.45) is 0 Å². The van der Waals surface area contributed by atoms with Gasteiger partial charge < -0.3 is 15.2 Å². The Morgan fingerprint density at radius 3 is 3.00 bits per heavy atom. The Labute approximate surface area is 112 Å². The van der Waals surface area contributed by atoms with E-state index in [0.29, 0.717) is 11.8 Å². The molecule has 0 bridgehead atoms. The molecule has 0 radical (unpaired) electrons. The molecular weight excluding hydrogens is 242 g/mol. The number of aliphatic hydroxyl groups is 1. The van der Waals surface area contributed by atoms with Crippen LogP contribution in [0.1, 0.15) is 42.9 Å². The molecule has 0 saturated heterocycles. The summed E-state index contributed by atoms with van der Waals surface area (Å²) in [5.41, 5.74) is 2.14. The molecule has 2 N–H and O–H groups in total. The van der Waals surface area contributed by atoms with Gasteiger partial charge in [0.05, 0.1) is 6.10 Å². The molecule has 19 heavy (non-hydrogen) atoms. The smallest absolute Gasteiger partial charge is 0.258 e. The number of rotatable bonds is 4. The second kappa shape index (κ2) is 5.21. The van der Waals surface area contributed by atoms with Gasteiger partial charge in [0.25, 0.3) is 5.91 Å². The van der Waals surface area contributed by atoms with Crippen LogP contribution in [-0.2, 0) is 11.2 Å². The standard InChI is InChI=1S/C15H19NO3/c17-14-3-1-2-10-4-7-12(8-13(10)14)19-9-15(18)16-11-5-6-11/h4,7-8,11,14,17H,1-3,5-6,9H2,(H,16,18)/t14-/m0/s1. The van der Waals surface area contributed by atoms with Crippen molar-refractivity contribution in [1.82, 2.24) is 5.32 Å². The highest BCUT2D eigenvalue weighted by atomic mass is 16.5. The molecule has 1 amide bonds. The zero-order chi connectivity index (χ0) is 13.2. The van der Waals surface area contributed by atoms with E-state index >= 15 is 0 Å². The van der Waals surface area contributed by atoms with Gasteiger partial charge >= 0.3 is 0 Å². The van der Waals surface area contributed by atoms with Crippen LogP contribution in [0, 0.1) is 0 Å². The molecule has 1 atom stereocenters. The number of aliphatic hydroxyl groups excluding tert-OH is 1. The molecule has 4 heteroatoms. The molecule has 4 nitrogen and oxygen atoms in total. The highest BCUT2D eigenvalue weighted by Crippen LogP contribution is 2.32. The molecule has 0 aromatic heterocycles. The Bertz CT molecular complexity index is 482. The average molecular weight is 261 g/mol. The fourth-order valence-electron chi connectivity index (χ4n) is 2.49. The third-order valence-corrected chi connectivity index (χ3v) is 3.71. The Kier molecular flexibility index (Phi) is 3.42. The first-order chi connectivity index (χ1) is 9.22. The summed E-state index contributed by atoms with van der Waals surface area (Å²) in [6, 6.07) is 6.10. The highest BCUT2D eigenvalue weighted by Gasteiger charge is 2.23. The van der Waals surface area contributed by atoms with Crippen LogP contribution in [-0.4, -0.2) is 23.7 Å². The van der Waals surface area contributed by atoms with Gasteiger partial charge in [-0.15, -0.1) is 0 Å². The third-order valence-electron chi connectivity index (χ3n) is 3.71. The number of nitrogens with one attached hydrogen (secondary N) is 1. The maximum atomic E-state index is 11.5. The topological polar surface area (TPSA) is 58.6 Å². The first-order valence-corrected chi connectivity index (χ1v) is 6.95. The molecule has 102 valence electrons. The Morgan fingerprint density at radius 2 is 2.21 bits per heavy atom. The second-order valence-electron chi connectivity index (χ2n) is 5.40. The number of benzene rings is 1. The number of carbonyl (C=O) groups excluding carboxylic acids is 1. The van der Waals surface area contributed by atoms with Crippen LogP contribution < -0.4 is 10.1 Å². The number of carbonyl (C=O) groups is 1. The minimum Gasteiger partial charge on any atom is -0.484 e. The van der Waals surface area contributed by atoms with Gasteiger partial charge in [0.15, 0.2) is 6.61 Å². The molecule has 0 aliphatic heterocycles. The van der Waals surface area contributed by atoms with Crippen molar-refractivity contribution in [2.45, 2.75) is 44.2 Å². The van der Waals surface area contributed by atoms with Crippen molar-refractivity contribution in [3.8, 4) is 5.75 Å². The van der Waals surface area contributed by atoms with Crippen LogP contribution in [0.2, 0.25) is 0 Å². The first kappa shape index (κ1) is 12.5. The molecule has 1 saturated carbocycles. The lowest BCUT2D eigenvalue weighted by Crippen LogP contribution is -2.30. The first-order valence-electron chi connectivity index (χ1n) is 6.95. The van der Waals surface area contributed by atoms with Gasteiger partial charge in [0.2, 0.25) is 0 Å². The molecule has 1 fully saturated rings. The van der Waals surface area contributed by atoms with Gasteiger partial charge in [-0.3, -0.25) is 4.79 Å². The van der Waals surface area contributed by atoms with Gasteiger partial charge in [-0.1, -0.05) is 6.07 Å². The third kappa shape index (κ3) is 3.07. The van der Waals surface area contributed by atoms with Gasteiger partial charge in [0.1, 0.15) is 5.75 Å². The predicted octanol–water partition coefficient (Wildman–Crippen LogP) is 1.71. The van der Waals surface area contributed by atoms with Gasteiger partial charge in [-0.25, -0.2) is 0 Å². The van der Waals surface area contributed by atoms with Crippen molar-refractivity contribution in [2.75, 3.05) is 6.61 Å². The van der Waals surface area contributed by atoms with E-state index in [2.05, 4.69) is 5.32 Å². The molecule has 3 rings (SSSR count). The van der Waals surface area contributed by atoms with Crippen LogP contribution in [0.25, 0.3) is 0 Å². The van der Waals surface area contributed by atoms with E-state index in [1.807, 2.05) is 18.2 Å². The lowest BCUT2D eigenvalue weighted by atomic mass is 9.89. The Morgan fingerprint density at radius 1 is 1.37 bits per heavy atom. The maximum Gasteiger partial charge on any atom is 0.258 e. The molecule has 2 aliphatic carbocycles. The lowest BCUT2D eigenvalue weighted by molar-refractivity contribution is -0.123. The average Bonchev–Trinajstić information content (AvgIpc) is 3.21. The van der Waals surface area contributed by atoms with Crippen LogP contribution >= 0.6 is 0 Å². The molecule has 0 heterocycles. The highest BCUT2D eigenvalue weighted by molar-refractivity contribution is 5.78. The number of hydrogen-bond acceptors (Lipinski definition) is 3. The quantitative estimate of drug-likeness (QED) is 0.867. The largest absolute Gasteiger partial charge is 0.484 e. The van der Waals surface area contributed by atoms with E-state index < -0.39 is 6.10 Å². The fourth-order valence-corrected chi connectivity index (χ4v) is 2.49. The SMILES string of the molecule is O=C(COc1ccc2c(c1)[C@@H](O)CCC2)NC1CC1. The Balaban J connectivity index is 1.61. The minimum atomic E-state index is -0.396.